The lowest BCUT2D eigenvalue weighted by Gasteiger charge is -2.13. The second kappa shape index (κ2) is 7.71. The van der Waals surface area contributed by atoms with Crippen molar-refractivity contribution in [2.45, 2.75) is 11.6 Å². The molecule has 0 aliphatic heterocycles. The van der Waals surface area contributed by atoms with Crippen LogP contribution in [-0.2, 0) is 16.4 Å². The molecule has 0 bridgehead atoms. The fourth-order valence-electron chi connectivity index (χ4n) is 3.15. The summed E-state index contributed by atoms with van der Waals surface area (Å²) in [6.45, 7) is 0.332. The van der Waals surface area contributed by atoms with Crippen LogP contribution in [0, 0.1) is 5.82 Å². The Bertz CT molecular complexity index is 1320. The van der Waals surface area contributed by atoms with Crippen LogP contribution in [0.5, 0.6) is 5.75 Å². The first-order valence-electron chi connectivity index (χ1n) is 8.93. The summed E-state index contributed by atoms with van der Waals surface area (Å²) in [4.78, 5) is 4.03. The molecule has 0 aliphatic rings. The molecule has 0 amide bonds. The lowest BCUT2D eigenvalue weighted by atomic mass is 10.1. The van der Waals surface area contributed by atoms with Gasteiger partial charge in [0.2, 0.25) is 0 Å². The highest BCUT2D eigenvalue weighted by Gasteiger charge is 2.14. The zero-order valence-corrected chi connectivity index (χ0v) is 17.0. The summed E-state index contributed by atoms with van der Waals surface area (Å²) in [5.41, 5.74) is 2.69. The molecule has 4 rings (SSSR count). The summed E-state index contributed by atoms with van der Waals surface area (Å²) < 4.78 is 44.1. The van der Waals surface area contributed by atoms with Crippen molar-refractivity contribution in [1.82, 2.24) is 19.6 Å². The Labute approximate surface area is 172 Å². The van der Waals surface area contributed by atoms with Gasteiger partial charge < -0.3 is 10.1 Å². The van der Waals surface area contributed by atoms with Crippen molar-refractivity contribution in [3.8, 4) is 16.9 Å². The number of aromatic nitrogens is 4. The molecule has 0 spiro atoms. The second-order valence-electron chi connectivity index (χ2n) is 6.60. The van der Waals surface area contributed by atoms with Gasteiger partial charge in [0.1, 0.15) is 12.1 Å². The topological polar surface area (TPSA) is 98.5 Å². The maximum Gasteiger partial charge on any atom is 0.192 e. The van der Waals surface area contributed by atoms with Crippen molar-refractivity contribution in [3.63, 3.8) is 0 Å². The van der Waals surface area contributed by atoms with Crippen molar-refractivity contribution in [1.29, 1.82) is 0 Å². The number of ether oxygens (including phenoxy) is 1. The first-order chi connectivity index (χ1) is 14.4. The first-order valence-corrected chi connectivity index (χ1v) is 10.8. The van der Waals surface area contributed by atoms with Crippen molar-refractivity contribution in [2.75, 3.05) is 18.7 Å². The number of nitrogens with one attached hydrogen (secondary N) is 1. The Kier molecular flexibility index (Phi) is 5.08. The maximum atomic E-state index is 13.9. The molecule has 10 heteroatoms. The van der Waals surface area contributed by atoms with E-state index in [-0.39, 0.29) is 10.8 Å². The normalized spacial score (nSPS) is 11.6. The first kappa shape index (κ1) is 19.8. The summed E-state index contributed by atoms with van der Waals surface area (Å²) in [6.07, 6.45) is 4.16. The number of benzene rings is 1. The summed E-state index contributed by atoms with van der Waals surface area (Å²) in [5.74, 6) is 0.469. The van der Waals surface area contributed by atoms with E-state index in [1.807, 2.05) is 12.1 Å². The third kappa shape index (κ3) is 3.69. The Morgan fingerprint density at radius 2 is 2.00 bits per heavy atom. The van der Waals surface area contributed by atoms with Gasteiger partial charge in [0, 0.05) is 35.7 Å². The Hall–Kier alpha value is -3.53. The van der Waals surface area contributed by atoms with Crippen LogP contribution in [-0.4, -0.2) is 41.4 Å². The number of methoxy groups -OCH3 is 1. The SMILES string of the molecule is COc1c(F)cccc1CNc1ccc(-c2ccc(S(C)(=O)=O)nc2)c2nncn12. The number of fused-ring (bicyclic) bond motifs is 1. The molecule has 1 N–H and O–H groups in total. The molecule has 1 aromatic carbocycles. The minimum absolute atomic E-state index is 0.00562. The van der Waals surface area contributed by atoms with Crippen LogP contribution in [0.4, 0.5) is 10.2 Å². The molecule has 0 atom stereocenters. The number of rotatable bonds is 6. The summed E-state index contributed by atoms with van der Waals surface area (Å²) in [6, 6.07) is 11.6. The van der Waals surface area contributed by atoms with E-state index in [1.165, 1.54) is 25.4 Å². The van der Waals surface area contributed by atoms with E-state index in [0.29, 0.717) is 29.1 Å². The van der Waals surface area contributed by atoms with Crippen molar-refractivity contribution in [3.05, 3.63) is 66.4 Å². The molecule has 0 saturated carbocycles. The predicted molar refractivity (Wildman–Crippen MR) is 110 cm³/mol. The van der Waals surface area contributed by atoms with Crippen LogP contribution in [0.15, 0.2) is 60.0 Å². The second-order valence-corrected chi connectivity index (χ2v) is 8.56. The minimum Gasteiger partial charge on any atom is -0.493 e. The molecule has 0 radical (unpaired) electrons. The van der Waals surface area contributed by atoms with Crippen LogP contribution >= 0.6 is 0 Å². The van der Waals surface area contributed by atoms with Crippen LogP contribution in [0.2, 0.25) is 0 Å². The van der Waals surface area contributed by atoms with E-state index in [2.05, 4.69) is 20.5 Å². The van der Waals surface area contributed by atoms with Crippen molar-refractivity contribution < 1.29 is 17.5 Å². The molecule has 154 valence electrons. The van der Waals surface area contributed by atoms with Gasteiger partial charge in [0.25, 0.3) is 0 Å². The number of hydrogen-bond donors (Lipinski definition) is 1. The molecule has 0 unspecified atom stereocenters. The Balaban J connectivity index is 1.66. The molecule has 4 aromatic rings. The van der Waals surface area contributed by atoms with Crippen molar-refractivity contribution >= 4 is 21.3 Å². The van der Waals surface area contributed by atoms with E-state index in [1.54, 1.807) is 28.9 Å². The number of sulfone groups is 1. The zero-order valence-electron chi connectivity index (χ0n) is 16.2. The van der Waals surface area contributed by atoms with Gasteiger partial charge in [0.15, 0.2) is 32.1 Å². The Morgan fingerprint density at radius 3 is 2.70 bits per heavy atom. The van der Waals surface area contributed by atoms with Gasteiger partial charge in [-0.05, 0) is 30.3 Å². The molecule has 8 nitrogen and oxygen atoms in total. The summed E-state index contributed by atoms with van der Waals surface area (Å²) in [5, 5.41) is 11.4. The number of nitrogens with zero attached hydrogens (tertiary/aromatic N) is 4. The number of halogens is 1. The third-order valence-electron chi connectivity index (χ3n) is 4.60. The van der Waals surface area contributed by atoms with Crippen LogP contribution < -0.4 is 10.1 Å². The molecule has 0 saturated heterocycles. The molecule has 30 heavy (non-hydrogen) atoms. The zero-order chi connectivity index (χ0) is 21.3. The van der Waals surface area contributed by atoms with E-state index in [0.717, 1.165) is 11.8 Å². The van der Waals surface area contributed by atoms with E-state index < -0.39 is 15.7 Å². The number of hydrogen-bond acceptors (Lipinski definition) is 7. The summed E-state index contributed by atoms with van der Waals surface area (Å²) in [7, 11) is -1.95. The molecule has 3 heterocycles. The van der Waals surface area contributed by atoms with Gasteiger partial charge in [-0.15, -0.1) is 10.2 Å². The largest absolute Gasteiger partial charge is 0.493 e. The van der Waals surface area contributed by atoms with Gasteiger partial charge in [-0.2, -0.15) is 0 Å². The Morgan fingerprint density at radius 1 is 1.17 bits per heavy atom. The average molecular weight is 427 g/mol. The predicted octanol–water partition coefficient (Wildman–Crippen LogP) is 2.95. The fraction of sp³-hybridized carbons (Fsp3) is 0.150. The average Bonchev–Trinajstić information content (AvgIpc) is 3.22. The highest BCUT2D eigenvalue weighted by atomic mass is 32.2. The smallest absolute Gasteiger partial charge is 0.192 e. The van der Waals surface area contributed by atoms with Gasteiger partial charge in [0.05, 0.1) is 7.11 Å². The van der Waals surface area contributed by atoms with Crippen LogP contribution in [0.3, 0.4) is 0 Å². The molecular weight excluding hydrogens is 409 g/mol. The fourth-order valence-corrected chi connectivity index (χ4v) is 3.71. The minimum atomic E-state index is -3.37. The van der Waals surface area contributed by atoms with E-state index in [4.69, 9.17) is 4.74 Å². The summed E-state index contributed by atoms with van der Waals surface area (Å²) >= 11 is 0. The number of anilines is 1. The van der Waals surface area contributed by atoms with E-state index in [9.17, 15) is 12.8 Å². The maximum absolute atomic E-state index is 13.9. The quantitative estimate of drug-likeness (QED) is 0.505. The standard InChI is InChI=1S/C20H18FN5O3S/c1-29-19-14(4-3-5-16(19)21)11-22-17-8-7-15(20-25-24-12-26(17)20)13-6-9-18(23-10-13)30(2,27)28/h3-10,12,22H,11H2,1-2H3. The van der Waals surface area contributed by atoms with Crippen molar-refractivity contribution in [2.24, 2.45) is 0 Å². The lowest BCUT2D eigenvalue weighted by Crippen LogP contribution is -2.06. The highest BCUT2D eigenvalue weighted by Crippen LogP contribution is 2.27. The van der Waals surface area contributed by atoms with Crippen LogP contribution in [0.25, 0.3) is 16.8 Å². The van der Waals surface area contributed by atoms with Gasteiger partial charge in [-0.1, -0.05) is 12.1 Å². The molecule has 3 aromatic heterocycles. The van der Waals surface area contributed by atoms with E-state index >= 15 is 0 Å². The third-order valence-corrected chi connectivity index (χ3v) is 5.60. The van der Waals surface area contributed by atoms with Gasteiger partial charge in [-0.3, -0.25) is 4.40 Å². The number of pyridine rings is 2. The molecule has 0 aliphatic carbocycles. The van der Waals surface area contributed by atoms with Gasteiger partial charge in [-0.25, -0.2) is 17.8 Å². The van der Waals surface area contributed by atoms with Gasteiger partial charge >= 0.3 is 0 Å². The highest BCUT2D eigenvalue weighted by molar-refractivity contribution is 7.90. The van der Waals surface area contributed by atoms with Crippen LogP contribution in [0.1, 0.15) is 5.56 Å². The number of para-hydroxylation sites is 1. The monoisotopic (exact) mass is 427 g/mol. The lowest BCUT2D eigenvalue weighted by molar-refractivity contribution is 0.382. The molecular formula is C20H18FN5O3S. The molecule has 0 fully saturated rings.